The number of rotatable bonds is 3. The summed E-state index contributed by atoms with van der Waals surface area (Å²) >= 11 is 0. The SMILES string of the molecule is [CH]C(=O)c1ccnc(CN2CCOCC2)c1. The Bertz CT molecular complexity index is 373. The van der Waals surface area contributed by atoms with E-state index in [0.717, 1.165) is 38.5 Å². The number of ketones is 1. The van der Waals surface area contributed by atoms with E-state index in [1.807, 2.05) is 0 Å². The lowest BCUT2D eigenvalue weighted by molar-refractivity contribution is 0.0336. The van der Waals surface area contributed by atoms with Crippen molar-refractivity contribution in [1.29, 1.82) is 0 Å². The van der Waals surface area contributed by atoms with E-state index in [2.05, 4.69) is 9.88 Å². The lowest BCUT2D eigenvalue weighted by Gasteiger charge is -2.26. The predicted octanol–water partition coefficient (Wildman–Crippen LogP) is 0.808. The largest absolute Gasteiger partial charge is 0.379 e. The van der Waals surface area contributed by atoms with Crippen LogP contribution in [0.5, 0.6) is 0 Å². The Morgan fingerprint density at radius 3 is 2.94 bits per heavy atom. The molecule has 2 rings (SSSR count). The zero-order chi connectivity index (χ0) is 11.4. The van der Waals surface area contributed by atoms with Gasteiger partial charge in [-0.2, -0.15) is 0 Å². The minimum Gasteiger partial charge on any atom is -0.379 e. The van der Waals surface area contributed by atoms with Gasteiger partial charge in [0.15, 0.2) is 5.78 Å². The van der Waals surface area contributed by atoms with E-state index in [-0.39, 0.29) is 0 Å². The smallest absolute Gasteiger partial charge is 0.167 e. The molecule has 2 radical (unpaired) electrons. The van der Waals surface area contributed by atoms with Crippen molar-refractivity contribution in [3.63, 3.8) is 0 Å². The number of nitrogens with zero attached hydrogens (tertiary/aromatic N) is 2. The highest BCUT2D eigenvalue weighted by Crippen LogP contribution is 2.07. The van der Waals surface area contributed by atoms with Crippen LogP contribution in [-0.4, -0.2) is 42.0 Å². The van der Waals surface area contributed by atoms with E-state index in [0.29, 0.717) is 5.56 Å². The summed E-state index contributed by atoms with van der Waals surface area (Å²) < 4.78 is 5.26. The average Bonchev–Trinajstić information content (AvgIpc) is 2.30. The topological polar surface area (TPSA) is 42.4 Å². The highest BCUT2D eigenvalue weighted by Gasteiger charge is 2.11. The first kappa shape index (κ1) is 11.2. The molecule has 0 atom stereocenters. The van der Waals surface area contributed by atoms with Gasteiger partial charge in [-0.25, -0.2) is 0 Å². The van der Waals surface area contributed by atoms with Gasteiger partial charge in [0, 0.05) is 38.3 Å². The van der Waals surface area contributed by atoms with Gasteiger partial charge in [-0.05, 0) is 12.1 Å². The highest BCUT2D eigenvalue weighted by atomic mass is 16.5. The maximum atomic E-state index is 11.0. The lowest BCUT2D eigenvalue weighted by Crippen LogP contribution is -2.35. The fourth-order valence-electron chi connectivity index (χ4n) is 1.71. The molecule has 0 amide bonds. The van der Waals surface area contributed by atoms with Crippen LogP contribution in [0.3, 0.4) is 0 Å². The molecule has 4 nitrogen and oxygen atoms in total. The molecule has 84 valence electrons. The normalized spacial score (nSPS) is 17.3. The molecular weight excluding hydrogens is 204 g/mol. The van der Waals surface area contributed by atoms with Gasteiger partial charge in [-0.3, -0.25) is 14.7 Å². The second kappa shape index (κ2) is 5.18. The lowest BCUT2D eigenvalue weighted by atomic mass is 10.1. The van der Waals surface area contributed by atoms with Gasteiger partial charge in [0.05, 0.1) is 18.9 Å². The van der Waals surface area contributed by atoms with Crippen molar-refractivity contribution in [2.75, 3.05) is 26.3 Å². The average molecular weight is 218 g/mol. The molecule has 4 heteroatoms. The molecule has 1 fully saturated rings. The van der Waals surface area contributed by atoms with Gasteiger partial charge in [-0.1, -0.05) is 0 Å². The molecule has 2 heterocycles. The molecule has 1 aromatic heterocycles. The summed E-state index contributed by atoms with van der Waals surface area (Å²) in [4.78, 5) is 17.5. The summed E-state index contributed by atoms with van der Waals surface area (Å²) in [5.74, 6) is -0.411. The Labute approximate surface area is 95.2 Å². The first-order valence-corrected chi connectivity index (χ1v) is 5.30. The van der Waals surface area contributed by atoms with Crippen LogP contribution < -0.4 is 0 Å². The van der Waals surface area contributed by atoms with Crippen molar-refractivity contribution in [2.24, 2.45) is 0 Å². The number of carbonyl (C=O) groups excluding carboxylic acids is 1. The van der Waals surface area contributed by atoms with Crippen LogP contribution in [0, 0.1) is 6.92 Å². The molecule has 1 saturated heterocycles. The van der Waals surface area contributed by atoms with Gasteiger partial charge in [0.2, 0.25) is 0 Å². The van der Waals surface area contributed by atoms with Crippen LogP contribution in [0.1, 0.15) is 16.1 Å². The van der Waals surface area contributed by atoms with E-state index in [1.165, 1.54) is 0 Å². The molecule has 0 unspecified atom stereocenters. The molecule has 0 N–H and O–H groups in total. The van der Waals surface area contributed by atoms with Crippen LogP contribution in [-0.2, 0) is 11.3 Å². The van der Waals surface area contributed by atoms with Crippen LogP contribution in [0.25, 0.3) is 0 Å². The maximum absolute atomic E-state index is 11.0. The number of carbonyl (C=O) groups is 1. The monoisotopic (exact) mass is 218 g/mol. The van der Waals surface area contributed by atoms with Gasteiger partial charge < -0.3 is 4.74 Å². The zero-order valence-corrected chi connectivity index (χ0v) is 9.06. The Hall–Kier alpha value is -1.26. The molecule has 0 aromatic carbocycles. The Morgan fingerprint density at radius 1 is 1.50 bits per heavy atom. The molecule has 0 spiro atoms. The standard InChI is InChI=1S/C12H14N2O2/c1-10(15)11-2-3-13-12(8-11)9-14-4-6-16-7-5-14/h1-3,8H,4-7,9H2. The first-order valence-electron chi connectivity index (χ1n) is 5.30. The van der Waals surface area contributed by atoms with Gasteiger partial charge in [0.25, 0.3) is 0 Å². The zero-order valence-electron chi connectivity index (χ0n) is 9.06. The summed E-state index contributed by atoms with van der Waals surface area (Å²) in [6.07, 6.45) is 1.62. The third kappa shape index (κ3) is 2.87. The summed E-state index contributed by atoms with van der Waals surface area (Å²) in [6.45, 7) is 9.29. The quantitative estimate of drug-likeness (QED) is 0.704. The van der Waals surface area contributed by atoms with Crippen molar-refractivity contribution in [3.8, 4) is 0 Å². The summed E-state index contributed by atoms with van der Waals surface area (Å²) in [7, 11) is 0. The van der Waals surface area contributed by atoms with Gasteiger partial charge in [0.1, 0.15) is 0 Å². The van der Waals surface area contributed by atoms with Crippen LogP contribution >= 0.6 is 0 Å². The number of ether oxygens (including phenoxy) is 1. The molecule has 16 heavy (non-hydrogen) atoms. The number of Topliss-reactive ketones (excluding diaryl/α,β-unsaturated/α-hetero) is 1. The minimum absolute atomic E-state index is 0.411. The van der Waals surface area contributed by atoms with Crippen molar-refractivity contribution in [3.05, 3.63) is 36.5 Å². The van der Waals surface area contributed by atoms with Crippen molar-refractivity contribution in [2.45, 2.75) is 6.54 Å². The molecule has 1 aromatic rings. The fraction of sp³-hybridized carbons (Fsp3) is 0.417. The Morgan fingerprint density at radius 2 is 2.25 bits per heavy atom. The maximum Gasteiger partial charge on any atom is 0.167 e. The summed E-state index contributed by atoms with van der Waals surface area (Å²) in [5.41, 5.74) is 1.39. The molecule has 1 aliphatic rings. The van der Waals surface area contributed by atoms with Crippen molar-refractivity contribution >= 4 is 5.78 Å². The molecule has 0 bridgehead atoms. The van der Waals surface area contributed by atoms with E-state index in [9.17, 15) is 4.79 Å². The number of aromatic nitrogens is 1. The van der Waals surface area contributed by atoms with Crippen molar-refractivity contribution in [1.82, 2.24) is 9.88 Å². The second-order valence-corrected chi connectivity index (χ2v) is 3.79. The van der Waals surface area contributed by atoms with E-state index < -0.39 is 5.78 Å². The van der Waals surface area contributed by atoms with Gasteiger partial charge >= 0.3 is 0 Å². The number of pyridine rings is 1. The second-order valence-electron chi connectivity index (χ2n) is 3.79. The van der Waals surface area contributed by atoms with E-state index >= 15 is 0 Å². The van der Waals surface area contributed by atoms with Crippen LogP contribution in [0.2, 0.25) is 0 Å². The summed E-state index contributed by atoms with van der Waals surface area (Å²) in [5, 5.41) is 0. The fourth-order valence-corrected chi connectivity index (χ4v) is 1.71. The molecular formula is C12H14N2O2. The predicted molar refractivity (Wildman–Crippen MR) is 59.0 cm³/mol. The molecule has 0 aliphatic carbocycles. The first-order chi connectivity index (χ1) is 7.75. The number of morpholine rings is 1. The highest BCUT2D eigenvalue weighted by molar-refractivity contribution is 5.99. The Kier molecular flexibility index (Phi) is 3.64. The minimum atomic E-state index is -0.411. The van der Waals surface area contributed by atoms with E-state index in [4.69, 9.17) is 11.7 Å². The molecule has 1 aliphatic heterocycles. The van der Waals surface area contributed by atoms with Crippen LogP contribution in [0.4, 0.5) is 0 Å². The summed E-state index contributed by atoms with van der Waals surface area (Å²) in [6, 6.07) is 3.38. The number of hydrogen-bond acceptors (Lipinski definition) is 4. The Balaban J connectivity index is 2.02. The van der Waals surface area contributed by atoms with Crippen LogP contribution in [0.15, 0.2) is 18.3 Å². The van der Waals surface area contributed by atoms with Gasteiger partial charge in [-0.15, -0.1) is 0 Å². The third-order valence-electron chi connectivity index (χ3n) is 2.59. The number of hydrogen-bond donors (Lipinski definition) is 0. The van der Waals surface area contributed by atoms with Crippen molar-refractivity contribution < 1.29 is 9.53 Å². The molecule has 0 saturated carbocycles. The third-order valence-corrected chi connectivity index (χ3v) is 2.59. The van der Waals surface area contributed by atoms with E-state index in [1.54, 1.807) is 18.3 Å².